The minimum atomic E-state index is 0.396. The van der Waals surface area contributed by atoms with Gasteiger partial charge in [-0.1, -0.05) is 39.0 Å². The van der Waals surface area contributed by atoms with Gasteiger partial charge in [0.15, 0.2) is 0 Å². The molecule has 0 radical (unpaired) electrons. The van der Waals surface area contributed by atoms with Crippen LogP contribution in [0.2, 0.25) is 0 Å². The van der Waals surface area contributed by atoms with Crippen LogP contribution >= 0.6 is 0 Å². The lowest BCUT2D eigenvalue weighted by Gasteiger charge is -2.23. The quantitative estimate of drug-likeness (QED) is 0.746. The first-order chi connectivity index (χ1) is 8.69. The van der Waals surface area contributed by atoms with Gasteiger partial charge < -0.3 is 10.1 Å². The first kappa shape index (κ1) is 15.0. The first-order valence-electron chi connectivity index (χ1n) is 7.14. The predicted octanol–water partition coefficient (Wildman–Crippen LogP) is 4.17. The maximum Gasteiger partial charge on any atom is 0.124 e. The largest absolute Gasteiger partial charge is 0.494 e. The van der Waals surface area contributed by atoms with E-state index >= 15 is 0 Å². The molecule has 0 saturated carbocycles. The number of para-hydroxylation sites is 1. The Bertz CT molecular complexity index is 336. The summed E-state index contributed by atoms with van der Waals surface area (Å²) < 4.78 is 5.74. The van der Waals surface area contributed by atoms with E-state index in [1.54, 1.807) is 0 Å². The monoisotopic (exact) mass is 249 g/mol. The SMILES string of the molecule is CCCNC(CC(C)C)c1ccccc1OCC. The van der Waals surface area contributed by atoms with Crippen LogP contribution in [0.3, 0.4) is 0 Å². The summed E-state index contributed by atoms with van der Waals surface area (Å²) >= 11 is 0. The summed E-state index contributed by atoms with van der Waals surface area (Å²) in [5.74, 6) is 1.70. The second-order valence-corrected chi connectivity index (χ2v) is 5.11. The molecular formula is C16H27NO. The van der Waals surface area contributed by atoms with Crippen molar-refractivity contribution in [2.45, 2.75) is 46.6 Å². The Morgan fingerprint density at radius 2 is 1.89 bits per heavy atom. The van der Waals surface area contributed by atoms with E-state index in [2.05, 4.69) is 44.3 Å². The molecule has 1 N–H and O–H groups in total. The van der Waals surface area contributed by atoms with Gasteiger partial charge in [0.25, 0.3) is 0 Å². The van der Waals surface area contributed by atoms with Gasteiger partial charge in [0.1, 0.15) is 5.75 Å². The Hall–Kier alpha value is -1.02. The van der Waals surface area contributed by atoms with Gasteiger partial charge in [-0.2, -0.15) is 0 Å². The van der Waals surface area contributed by atoms with Gasteiger partial charge in [0.05, 0.1) is 6.61 Å². The molecular weight excluding hydrogens is 222 g/mol. The molecule has 0 aliphatic heterocycles. The highest BCUT2D eigenvalue weighted by Gasteiger charge is 2.16. The van der Waals surface area contributed by atoms with Crippen molar-refractivity contribution in [1.82, 2.24) is 5.32 Å². The topological polar surface area (TPSA) is 21.3 Å². The molecule has 102 valence electrons. The number of rotatable bonds is 8. The molecule has 0 aliphatic carbocycles. The van der Waals surface area contributed by atoms with E-state index in [-0.39, 0.29) is 0 Å². The van der Waals surface area contributed by atoms with Crippen molar-refractivity contribution in [3.05, 3.63) is 29.8 Å². The van der Waals surface area contributed by atoms with Crippen molar-refractivity contribution < 1.29 is 4.74 Å². The third-order valence-electron chi connectivity index (χ3n) is 2.94. The van der Waals surface area contributed by atoms with Gasteiger partial charge in [-0.05, 0) is 38.3 Å². The predicted molar refractivity (Wildman–Crippen MR) is 78.1 cm³/mol. The van der Waals surface area contributed by atoms with Crippen LogP contribution in [0, 0.1) is 5.92 Å². The average Bonchev–Trinajstić information content (AvgIpc) is 2.35. The van der Waals surface area contributed by atoms with Crippen LogP contribution in [0.25, 0.3) is 0 Å². The normalized spacial score (nSPS) is 12.7. The molecule has 1 aromatic carbocycles. The zero-order valence-electron chi connectivity index (χ0n) is 12.2. The zero-order chi connectivity index (χ0) is 13.4. The van der Waals surface area contributed by atoms with E-state index in [9.17, 15) is 0 Å². The minimum absolute atomic E-state index is 0.396. The summed E-state index contributed by atoms with van der Waals surface area (Å²) in [6.45, 7) is 10.5. The van der Waals surface area contributed by atoms with Crippen LogP contribution in [-0.2, 0) is 0 Å². The van der Waals surface area contributed by atoms with E-state index in [1.165, 1.54) is 5.56 Å². The molecule has 1 rings (SSSR count). The van der Waals surface area contributed by atoms with Crippen molar-refractivity contribution >= 4 is 0 Å². The number of hydrogen-bond donors (Lipinski definition) is 1. The third kappa shape index (κ3) is 4.69. The van der Waals surface area contributed by atoms with Crippen LogP contribution in [0.5, 0.6) is 5.75 Å². The lowest BCUT2D eigenvalue weighted by molar-refractivity contribution is 0.326. The molecule has 1 aromatic rings. The van der Waals surface area contributed by atoms with E-state index in [1.807, 2.05) is 13.0 Å². The van der Waals surface area contributed by atoms with E-state index < -0.39 is 0 Å². The Morgan fingerprint density at radius 3 is 2.50 bits per heavy atom. The molecule has 0 aromatic heterocycles. The fourth-order valence-electron chi connectivity index (χ4n) is 2.17. The summed E-state index contributed by atoms with van der Waals surface area (Å²) in [6, 6.07) is 8.78. The molecule has 0 saturated heterocycles. The highest BCUT2D eigenvalue weighted by molar-refractivity contribution is 5.36. The maximum atomic E-state index is 5.74. The second-order valence-electron chi connectivity index (χ2n) is 5.11. The maximum absolute atomic E-state index is 5.74. The standard InChI is InChI=1S/C16H27NO/c1-5-11-17-15(12-13(3)4)14-9-7-8-10-16(14)18-6-2/h7-10,13,15,17H,5-6,11-12H2,1-4H3. The fraction of sp³-hybridized carbons (Fsp3) is 0.625. The summed E-state index contributed by atoms with van der Waals surface area (Å²) in [5.41, 5.74) is 1.29. The average molecular weight is 249 g/mol. The van der Waals surface area contributed by atoms with Gasteiger partial charge in [-0.15, -0.1) is 0 Å². The first-order valence-corrected chi connectivity index (χ1v) is 7.14. The Labute approximate surface area is 112 Å². The molecule has 2 nitrogen and oxygen atoms in total. The summed E-state index contributed by atoms with van der Waals surface area (Å²) in [7, 11) is 0. The van der Waals surface area contributed by atoms with Crippen LogP contribution in [0.4, 0.5) is 0 Å². The Balaban J connectivity index is 2.88. The van der Waals surface area contributed by atoms with Crippen LogP contribution < -0.4 is 10.1 Å². The number of ether oxygens (including phenoxy) is 1. The molecule has 2 heteroatoms. The van der Waals surface area contributed by atoms with Gasteiger partial charge in [0, 0.05) is 11.6 Å². The van der Waals surface area contributed by atoms with Gasteiger partial charge in [-0.25, -0.2) is 0 Å². The summed E-state index contributed by atoms with van der Waals surface area (Å²) in [5, 5.41) is 3.64. The summed E-state index contributed by atoms with van der Waals surface area (Å²) in [6.07, 6.45) is 2.30. The number of hydrogen-bond acceptors (Lipinski definition) is 2. The van der Waals surface area contributed by atoms with Crippen molar-refractivity contribution in [2.75, 3.05) is 13.2 Å². The molecule has 0 spiro atoms. The zero-order valence-corrected chi connectivity index (χ0v) is 12.2. The number of benzene rings is 1. The van der Waals surface area contributed by atoms with Crippen molar-refractivity contribution in [2.24, 2.45) is 5.92 Å². The molecule has 0 bridgehead atoms. The van der Waals surface area contributed by atoms with Gasteiger partial charge in [-0.3, -0.25) is 0 Å². The van der Waals surface area contributed by atoms with E-state index in [4.69, 9.17) is 4.74 Å². The van der Waals surface area contributed by atoms with Gasteiger partial charge in [0.2, 0.25) is 0 Å². The van der Waals surface area contributed by atoms with Crippen molar-refractivity contribution in [3.63, 3.8) is 0 Å². The molecule has 0 fully saturated rings. The third-order valence-corrected chi connectivity index (χ3v) is 2.94. The highest BCUT2D eigenvalue weighted by atomic mass is 16.5. The lowest BCUT2D eigenvalue weighted by atomic mass is 9.96. The highest BCUT2D eigenvalue weighted by Crippen LogP contribution is 2.29. The van der Waals surface area contributed by atoms with Gasteiger partial charge >= 0.3 is 0 Å². The number of nitrogens with one attached hydrogen (secondary N) is 1. The molecule has 18 heavy (non-hydrogen) atoms. The van der Waals surface area contributed by atoms with Crippen molar-refractivity contribution in [3.8, 4) is 5.75 Å². The Morgan fingerprint density at radius 1 is 1.17 bits per heavy atom. The summed E-state index contributed by atoms with van der Waals surface area (Å²) in [4.78, 5) is 0. The molecule has 1 unspecified atom stereocenters. The smallest absolute Gasteiger partial charge is 0.124 e. The van der Waals surface area contributed by atoms with Crippen molar-refractivity contribution in [1.29, 1.82) is 0 Å². The molecule has 0 heterocycles. The van der Waals surface area contributed by atoms with E-state index in [0.29, 0.717) is 12.0 Å². The fourth-order valence-corrected chi connectivity index (χ4v) is 2.17. The molecule has 1 atom stereocenters. The van der Waals surface area contributed by atoms with Crippen LogP contribution in [0.15, 0.2) is 24.3 Å². The lowest BCUT2D eigenvalue weighted by Crippen LogP contribution is -2.24. The molecule has 0 aliphatic rings. The minimum Gasteiger partial charge on any atom is -0.494 e. The van der Waals surface area contributed by atoms with E-state index in [0.717, 1.165) is 31.7 Å². The second kappa shape index (κ2) is 8.15. The molecule has 0 amide bonds. The van der Waals surface area contributed by atoms with Crippen LogP contribution in [0.1, 0.15) is 52.1 Å². The Kier molecular flexibility index (Phi) is 6.81. The van der Waals surface area contributed by atoms with Crippen LogP contribution in [-0.4, -0.2) is 13.2 Å².